The number of likely N-dealkylation sites (tertiary alicyclic amines) is 1. The lowest BCUT2D eigenvalue weighted by atomic mass is 9.55. The van der Waals surface area contributed by atoms with E-state index in [2.05, 4.69) is 30.9 Å². The maximum absolute atomic E-state index is 12.5. The number of Topliss-reactive ketones (excluding diaryl/α,β-unsaturated/α-hetero) is 1. The Bertz CT molecular complexity index is 588. The SMILES string of the molecule is CC(C)CN1C[C@]2(CO)CC(=O)C[C@](Cc3ccccc3)(C1)C2O. The molecular weight excluding hydrogens is 302 g/mol. The van der Waals surface area contributed by atoms with Crippen molar-refractivity contribution < 1.29 is 15.0 Å². The van der Waals surface area contributed by atoms with E-state index in [1.807, 2.05) is 18.2 Å². The number of aliphatic hydroxyl groups is 2. The van der Waals surface area contributed by atoms with Crippen LogP contribution in [0.1, 0.15) is 32.3 Å². The van der Waals surface area contributed by atoms with Crippen LogP contribution < -0.4 is 0 Å². The number of rotatable bonds is 5. The van der Waals surface area contributed by atoms with Gasteiger partial charge in [0.15, 0.2) is 0 Å². The van der Waals surface area contributed by atoms with Crippen molar-refractivity contribution in [2.45, 2.75) is 39.2 Å². The molecule has 1 aliphatic carbocycles. The molecule has 1 saturated carbocycles. The summed E-state index contributed by atoms with van der Waals surface area (Å²) in [5, 5.41) is 21.3. The molecule has 24 heavy (non-hydrogen) atoms. The van der Waals surface area contributed by atoms with Crippen LogP contribution in [0.3, 0.4) is 0 Å². The number of piperidine rings is 1. The maximum Gasteiger partial charge on any atom is 0.134 e. The summed E-state index contributed by atoms with van der Waals surface area (Å²) in [4.78, 5) is 14.8. The molecule has 2 bridgehead atoms. The molecule has 1 heterocycles. The second-order valence-electron chi connectivity index (χ2n) is 8.40. The lowest BCUT2D eigenvalue weighted by Gasteiger charge is -2.58. The van der Waals surface area contributed by atoms with E-state index >= 15 is 0 Å². The third kappa shape index (κ3) is 3.15. The number of hydrogen-bond acceptors (Lipinski definition) is 4. The Hall–Kier alpha value is -1.23. The molecular formula is C20H29NO3. The molecule has 2 fully saturated rings. The highest BCUT2D eigenvalue weighted by atomic mass is 16.3. The normalized spacial score (nSPS) is 33.9. The van der Waals surface area contributed by atoms with Gasteiger partial charge < -0.3 is 15.1 Å². The van der Waals surface area contributed by atoms with E-state index in [1.54, 1.807) is 0 Å². The Morgan fingerprint density at radius 3 is 2.42 bits per heavy atom. The molecule has 0 spiro atoms. The summed E-state index contributed by atoms with van der Waals surface area (Å²) in [6.45, 7) is 6.48. The van der Waals surface area contributed by atoms with E-state index in [9.17, 15) is 15.0 Å². The van der Waals surface area contributed by atoms with Gasteiger partial charge in [-0.15, -0.1) is 0 Å². The van der Waals surface area contributed by atoms with Crippen LogP contribution in [0.2, 0.25) is 0 Å². The van der Waals surface area contributed by atoms with E-state index < -0.39 is 16.9 Å². The number of nitrogens with zero attached hydrogens (tertiary/aromatic N) is 1. The largest absolute Gasteiger partial charge is 0.396 e. The summed E-state index contributed by atoms with van der Waals surface area (Å²) >= 11 is 0. The molecule has 0 aromatic heterocycles. The summed E-state index contributed by atoms with van der Waals surface area (Å²) in [5.41, 5.74) is -0.0615. The van der Waals surface area contributed by atoms with Gasteiger partial charge in [-0.3, -0.25) is 4.79 Å². The van der Waals surface area contributed by atoms with Gasteiger partial charge in [-0.2, -0.15) is 0 Å². The van der Waals surface area contributed by atoms with Crippen molar-refractivity contribution in [1.82, 2.24) is 4.90 Å². The van der Waals surface area contributed by atoms with Crippen LogP contribution in [0.4, 0.5) is 0 Å². The Balaban J connectivity index is 1.96. The molecule has 1 saturated heterocycles. The fourth-order valence-corrected chi connectivity index (χ4v) is 4.98. The van der Waals surface area contributed by atoms with Crippen LogP contribution in [-0.4, -0.2) is 53.2 Å². The van der Waals surface area contributed by atoms with Crippen molar-refractivity contribution in [1.29, 1.82) is 0 Å². The Morgan fingerprint density at radius 2 is 1.79 bits per heavy atom. The number of fused-ring (bicyclic) bond motifs is 2. The Kier molecular flexibility index (Phi) is 4.82. The van der Waals surface area contributed by atoms with Gasteiger partial charge >= 0.3 is 0 Å². The van der Waals surface area contributed by atoms with E-state index in [4.69, 9.17) is 0 Å². The zero-order valence-electron chi connectivity index (χ0n) is 14.7. The lowest BCUT2D eigenvalue weighted by Crippen LogP contribution is -2.68. The number of hydrogen-bond donors (Lipinski definition) is 2. The highest BCUT2D eigenvalue weighted by Crippen LogP contribution is 2.51. The summed E-state index contributed by atoms with van der Waals surface area (Å²) in [5.74, 6) is 0.690. The van der Waals surface area contributed by atoms with Crippen molar-refractivity contribution in [3.05, 3.63) is 35.9 Å². The first kappa shape index (κ1) is 17.6. The minimum absolute atomic E-state index is 0.134. The molecule has 1 aromatic rings. The molecule has 3 atom stereocenters. The number of aliphatic hydroxyl groups excluding tert-OH is 2. The van der Waals surface area contributed by atoms with E-state index in [0.29, 0.717) is 31.8 Å². The van der Waals surface area contributed by atoms with Crippen molar-refractivity contribution in [2.24, 2.45) is 16.7 Å². The zero-order chi connectivity index (χ0) is 17.4. The molecule has 1 aliphatic heterocycles. The van der Waals surface area contributed by atoms with Gasteiger partial charge in [-0.1, -0.05) is 44.2 Å². The molecule has 132 valence electrons. The first-order chi connectivity index (χ1) is 11.4. The number of ketones is 1. The summed E-state index contributed by atoms with van der Waals surface area (Å²) in [6, 6.07) is 10.1. The van der Waals surface area contributed by atoms with Gasteiger partial charge in [0.05, 0.1) is 12.7 Å². The Morgan fingerprint density at radius 1 is 1.17 bits per heavy atom. The molecule has 1 unspecified atom stereocenters. The van der Waals surface area contributed by atoms with Crippen LogP contribution >= 0.6 is 0 Å². The van der Waals surface area contributed by atoms with Gasteiger partial charge in [-0.25, -0.2) is 0 Å². The third-order valence-electron chi connectivity index (χ3n) is 5.67. The fourth-order valence-electron chi connectivity index (χ4n) is 4.98. The van der Waals surface area contributed by atoms with Crippen LogP contribution in [0.15, 0.2) is 30.3 Å². The van der Waals surface area contributed by atoms with Crippen LogP contribution in [-0.2, 0) is 11.2 Å². The molecule has 0 radical (unpaired) electrons. The molecule has 0 amide bonds. The van der Waals surface area contributed by atoms with Gasteiger partial charge in [0.25, 0.3) is 0 Å². The number of carbonyl (C=O) groups excluding carboxylic acids is 1. The average molecular weight is 331 g/mol. The average Bonchev–Trinajstić information content (AvgIpc) is 2.51. The van der Waals surface area contributed by atoms with Crippen LogP contribution in [0, 0.1) is 16.7 Å². The number of benzene rings is 1. The highest BCUT2D eigenvalue weighted by molar-refractivity contribution is 5.81. The zero-order valence-corrected chi connectivity index (χ0v) is 14.7. The predicted molar refractivity (Wildman–Crippen MR) is 93.6 cm³/mol. The van der Waals surface area contributed by atoms with Crippen LogP contribution in [0.5, 0.6) is 0 Å². The summed E-state index contributed by atoms with van der Waals surface area (Å²) in [6.07, 6.45) is 0.725. The predicted octanol–water partition coefficient (Wildman–Crippen LogP) is 1.89. The standard InChI is InChI=1S/C20H29NO3/c1-15(2)11-21-12-19(8-16-6-4-3-5-7-16)9-17(23)10-20(13-21,14-22)18(19)24/h3-7,15,18,22,24H,8-14H2,1-2H3/t18?,19-,20+/m1/s1. The van der Waals surface area contributed by atoms with Crippen molar-refractivity contribution >= 4 is 5.78 Å². The topological polar surface area (TPSA) is 60.8 Å². The molecule has 2 N–H and O–H groups in total. The molecule has 4 heteroatoms. The van der Waals surface area contributed by atoms with E-state index in [-0.39, 0.29) is 18.8 Å². The highest BCUT2D eigenvalue weighted by Gasteiger charge is 2.59. The first-order valence-corrected chi connectivity index (χ1v) is 8.96. The maximum atomic E-state index is 12.5. The first-order valence-electron chi connectivity index (χ1n) is 8.96. The monoisotopic (exact) mass is 331 g/mol. The lowest BCUT2D eigenvalue weighted by molar-refractivity contribution is -0.186. The van der Waals surface area contributed by atoms with Gasteiger partial charge in [-0.05, 0) is 17.9 Å². The minimum atomic E-state index is -0.711. The van der Waals surface area contributed by atoms with Crippen molar-refractivity contribution in [2.75, 3.05) is 26.2 Å². The minimum Gasteiger partial charge on any atom is -0.396 e. The molecule has 4 nitrogen and oxygen atoms in total. The molecule has 3 rings (SSSR count). The fraction of sp³-hybridized carbons (Fsp3) is 0.650. The third-order valence-corrected chi connectivity index (χ3v) is 5.67. The smallest absolute Gasteiger partial charge is 0.134 e. The van der Waals surface area contributed by atoms with Gasteiger partial charge in [0.1, 0.15) is 5.78 Å². The van der Waals surface area contributed by atoms with Crippen molar-refractivity contribution in [3.8, 4) is 0 Å². The molecule has 2 aliphatic rings. The van der Waals surface area contributed by atoms with Gasteiger partial charge in [0, 0.05) is 43.3 Å². The van der Waals surface area contributed by atoms with Crippen molar-refractivity contribution in [3.63, 3.8) is 0 Å². The van der Waals surface area contributed by atoms with Crippen LogP contribution in [0.25, 0.3) is 0 Å². The molecule has 1 aromatic carbocycles. The van der Waals surface area contributed by atoms with Gasteiger partial charge in [0.2, 0.25) is 0 Å². The second kappa shape index (κ2) is 6.58. The summed E-state index contributed by atoms with van der Waals surface area (Å²) < 4.78 is 0. The quantitative estimate of drug-likeness (QED) is 0.865. The van der Waals surface area contributed by atoms with E-state index in [0.717, 1.165) is 12.1 Å². The number of carbonyl (C=O) groups is 1. The van der Waals surface area contributed by atoms with E-state index in [1.165, 1.54) is 0 Å². The summed E-state index contributed by atoms with van der Waals surface area (Å²) in [7, 11) is 0. The second-order valence-corrected chi connectivity index (χ2v) is 8.40. The Labute approximate surface area is 144 Å².